The van der Waals surface area contributed by atoms with Gasteiger partial charge in [-0.3, -0.25) is 14.4 Å². The van der Waals surface area contributed by atoms with E-state index in [0.717, 1.165) is 25.7 Å². The third-order valence-corrected chi connectivity index (χ3v) is 6.73. The molecule has 29 heavy (non-hydrogen) atoms. The second-order valence-corrected chi connectivity index (χ2v) is 8.48. The third kappa shape index (κ3) is 3.89. The SMILES string of the molecule is CCCCCNC(=O)C1N(CCCCCO)C(=O)[C@@H]2[C@@H](C(=O)NC)[C@H]3CCC12O3. The first-order chi connectivity index (χ1) is 14.0. The molecule has 3 fully saturated rings. The average Bonchev–Trinajstić information content (AvgIpc) is 3.35. The van der Waals surface area contributed by atoms with Crippen LogP contribution in [0.25, 0.3) is 0 Å². The fraction of sp³-hybridized carbons (Fsp3) is 0.857. The molecule has 3 aliphatic rings. The second-order valence-electron chi connectivity index (χ2n) is 8.48. The van der Waals surface area contributed by atoms with Gasteiger partial charge in [-0.25, -0.2) is 0 Å². The second kappa shape index (κ2) is 9.43. The van der Waals surface area contributed by atoms with Crippen LogP contribution in [-0.2, 0) is 19.1 Å². The van der Waals surface area contributed by atoms with E-state index in [1.807, 2.05) is 0 Å². The van der Waals surface area contributed by atoms with Crippen molar-refractivity contribution in [2.24, 2.45) is 11.8 Å². The van der Waals surface area contributed by atoms with E-state index in [-0.39, 0.29) is 30.4 Å². The van der Waals surface area contributed by atoms with Gasteiger partial charge in [0.05, 0.1) is 17.9 Å². The van der Waals surface area contributed by atoms with Gasteiger partial charge in [0.25, 0.3) is 0 Å². The molecule has 3 aliphatic heterocycles. The molecule has 3 heterocycles. The molecule has 0 radical (unpaired) electrons. The van der Waals surface area contributed by atoms with Gasteiger partial charge in [0, 0.05) is 26.7 Å². The zero-order valence-corrected chi connectivity index (χ0v) is 17.6. The Morgan fingerprint density at radius 3 is 2.69 bits per heavy atom. The van der Waals surface area contributed by atoms with Crippen LogP contribution >= 0.6 is 0 Å². The molecule has 2 bridgehead atoms. The number of amides is 3. The standard InChI is InChI=1S/C21H35N3O5/c1-3-4-6-11-23-19(27)17-21-10-9-14(29-21)15(18(26)22-2)16(21)20(28)24(17)12-7-5-8-13-25/h14-17,25H,3-13H2,1-2H3,(H,22,26)(H,23,27)/t14-,15+,16+,17?,21?/m1/s1. The highest BCUT2D eigenvalue weighted by Gasteiger charge is 2.74. The Morgan fingerprint density at radius 1 is 1.21 bits per heavy atom. The lowest BCUT2D eigenvalue weighted by atomic mass is 9.70. The number of hydrogen-bond donors (Lipinski definition) is 3. The Morgan fingerprint density at radius 2 is 2.00 bits per heavy atom. The Labute approximate surface area is 172 Å². The maximum atomic E-state index is 13.4. The Hall–Kier alpha value is -1.67. The highest BCUT2D eigenvalue weighted by atomic mass is 16.5. The molecular formula is C21H35N3O5. The summed E-state index contributed by atoms with van der Waals surface area (Å²) in [4.78, 5) is 40.8. The molecule has 0 aromatic rings. The first-order valence-electron chi connectivity index (χ1n) is 11.1. The highest BCUT2D eigenvalue weighted by molar-refractivity contribution is 5.98. The van der Waals surface area contributed by atoms with Crippen molar-refractivity contribution in [3.8, 4) is 0 Å². The summed E-state index contributed by atoms with van der Waals surface area (Å²) < 4.78 is 6.28. The number of carbonyl (C=O) groups is 3. The average molecular weight is 410 g/mol. The number of likely N-dealkylation sites (tertiary alicyclic amines) is 1. The minimum atomic E-state index is -0.898. The van der Waals surface area contributed by atoms with Gasteiger partial charge >= 0.3 is 0 Å². The van der Waals surface area contributed by atoms with Crippen LogP contribution in [0.15, 0.2) is 0 Å². The number of nitrogens with one attached hydrogen (secondary N) is 2. The minimum absolute atomic E-state index is 0.116. The fourth-order valence-corrected chi connectivity index (χ4v) is 5.41. The van der Waals surface area contributed by atoms with Crippen LogP contribution in [0, 0.1) is 11.8 Å². The van der Waals surface area contributed by atoms with Crippen LogP contribution in [0.3, 0.4) is 0 Å². The summed E-state index contributed by atoms with van der Waals surface area (Å²) in [6.07, 6.45) is 6.20. The maximum absolute atomic E-state index is 13.4. The van der Waals surface area contributed by atoms with Crippen molar-refractivity contribution in [2.45, 2.75) is 76.0 Å². The topological polar surface area (TPSA) is 108 Å². The number of aliphatic hydroxyl groups excluding tert-OH is 1. The molecule has 0 aromatic heterocycles. The predicted molar refractivity (Wildman–Crippen MR) is 107 cm³/mol. The summed E-state index contributed by atoms with van der Waals surface area (Å²) in [6.45, 7) is 3.25. The van der Waals surface area contributed by atoms with Crippen LogP contribution in [0.2, 0.25) is 0 Å². The number of nitrogens with zero attached hydrogens (tertiary/aromatic N) is 1. The van der Waals surface area contributed by atoms with E-state index in [0.29, 0.717) is 38.8 Å². The van der Waals surface area contributed by atoms with Crippen LogP contribution < -0.4 is 10.6 Å². The monoisotopic (exact) mass is 409 g/mol. The summed E-state index contributed by atoms with van der Waals surface area (Å²) in [5, 5.41) is 14.7. The Bertz CT molecular complexity index is 627. The van der Waals surface area contributed by atoms with E-state index in [1.54, 1.807) is 11.9 Å². The number of carbonyl (C=O) groups excluding carboxylic acids is 3. The van der Waals surface area contributed by atoms with Gasteiger partial charge < -0.3 is 25.4 Å². The Balaban J connectivity index is 1.82. The van der Waals surface area contributed by atoms with Crippen molar-refractivity contribution in [2.75, 3.05) is 26.7 Å². The summed E-state index contributed by atoms with van der Waals surface area (Å²) in [5.74, 6) is -1.61. The van der Waals surface area contributed by atoms with Crippen LogP contribution in [0.4, 0.5) is 0 Å². The summed E-state index contributed by atoms with van der Waals surface area (Å²) in [6, 6.07) is -0.685. The smallest absolute Gasteiger partial charge is 0.245 e. The molecular weight excluding hydrogens is 374 g/mol. The first-order valence-corrected chi connectivity index (χ1v) is 11.1. The third-order valence-electron chi connectivity index (χ3n) is 6.73. The van der Waals surface area contributed by atoms with Crippen molar-refractivity contribution in [3.63, 3.8) is 0 Å². The van der Waals surface area contributed by atoms with Crippen molar-refractivity contribution < 1.29 is 24.2 Å². The van der Waals surface area contributed by atoms with E-state index in [9.17, 15) is 14.4 Å². The maximum Gasteiger partial charge on any atom is 0.245 e. The quantitative estimate of drug-likeness (QED) is 0.433. The van der Waals surface area contributed by atoms with Gasteiger partial charge in [-0.15, -0.1) is 0 Å². The normalized spacial score (nSPS) is 32.5. The van der Waals surface area contributed by atoms with E-state index in [4.69, 9.17) is 9.84 Å². The molecule has 3 rings (SSSR count). The van der Waals surface area contributed by atoms with Gasteiger partial charge in [-0.05, 0) is 38.5 Å². The number of hydrogen-bond acceptors (Lipinski definition) is 5. The van der Waals surface area contributed by atoms with Crippen molar-refractivity contribution in [3.05, 3.63) is 0 Å². The highest BCUT2D eigenvalue weighted by Crippen LogP contribution is 2.58. The number of aliphatic hydroxyl groups is 1. The van der Waals surface area contributed by atoms with Gasteiger partial charge in [-0.2, -0.15) is 0 Å². The molecule has 0 aromatic carbocycles. The van der Waals surface area contributed by atoms with Crippen LogP contribution in [0.1, 0.15) is 58.3 Å². The lowest BCUT2D eigenvalue weighted by Gasteiger charge is -2.33. The molecule has 3 saturated heterocycles. The molecule has 3 N–H and O–H groups in total. The van der Waals surface area contributed by atoms with Crippen molar-refractivity contribution in [1.82, 2.24) is 15.5 Å². The van der Waals surface area contributed by atoms with E-state index in [1.165, 1.54) is 0 Å². The number of fused-ring (bicyclic) bond motifs is 1. The molecule has 1 spiro atoms. The number of ether oxygens (including phenoxy) is 1. The van der Waals surface area contributed by atoms with Crippen molar-refractivity contribution in [1.29, 1.82) is 0 Å². The molecule has 5 atom stereocenters. The van der Waals surface area contributed by atoms with Gasteiger partial charge in [0.2, 0.25) is 17.7 Å². The summed E-state index contributed by atoms with van der Waals surface area (Å²) >= 11 is 0. The summed E-state index contributed by atoms with van der Waals surface area (Å²) in [7, 11) is 1.57. The van der Waals surface area contributed by atoms with E-state index < -0.39 is 23.5 Å². The number of rotatable bonds is 11. The van der Waals surface area contributed by atoms with Crippen LogP contribution in [0.5, 0.6) is 0 Å². The lowest BCUT2D eigenvalue weighted by molar-refractivity contribution is -0.142. The lowest BCUT2D eigenvalue weighted by Crippen LogP contribution is -2.55. The first kappa shape index (κ1) is 22.0. The predicted octanol–water partition coefficient (Wildman–Crippen LogP) is 0.576. The van der Waals surface area contributed by atoms with Crippen molar-refractivity contribution >= 4 is 17.7 Å². The summed E-state index contributed by atoms with van der Waals surface area (Å²) in [5.41, 5.74) is -0.898. The molecule has 0 aliphatic carbocycles. The minimum Gasteiger partial charge on any atom is -0.396 e. The largest absolute Gasteiger partial charge is 0.396 e. The molecule has 3 amide bonds. The molecule has 8 nitrogen and oxygen atoms in total. The van der Waals surface area contributed by atoms with E-state index in [2.05, 4.69) is 17.6 Å². The molecule has 0 saturated carbocycles. The Kier molecular flexibility index (Phi) is 7.16. The molecule has 164 valence electrons. The van der Waals surface area contributed by atoms with Gasteiger partial charge in [0.1, 0.15) is 11.6 Å². The van der Waals surface area contributed by atoms with Crippen LogP contribution in [-0.4, -0.2) is 72.2 Å². The molecule has 2 unspecified atom stereocenters. The fourth-order valence-electron chi connectivity index (χ4n) is 5.41. The van der Waals surface area contributed by atoms with E-state index >= 15 is 0 Å². The van der Waals surface area contributed by atoms with Gasteiger partial charge in [0.15, 0.2) is 0 Å². The number of unbranched alkanes of at least 4 members (excludes halogenated alkanes) is 4. The zero-order chi connectivity index (χ0) is 21.0. The molecule has 8 heteroatoms. The van der Waals surface area contributed by atoms with Gasteiger partial charge in [-0.1, -0.05) is 19.8 Å². The zero-order valence-electron chi connectivity index (χ0n) is 17.6.